The molecule has 0 radical (unpaired) electrons. The van der Waals surface area contributed by atoms with E-state index in [1.54, 1.807) is 0 Å². The lowest BCUT2D eigenvalue weighted by Gasteiger charge is -2.43. The summed E-state index contributed by atoms with van der Waals surface area (Å²) < 4.78 is 0. The summed E-state index contributed by atoms with van der Waals surface area (Å²) in [5.41, 5.74) is 0.836. The van der Waals surface area contributed by atoms with Crippen molar-refractivity contribution >= 4 is 0 Å². The van der Waals surface area contributed by atoms with Crippen LogP contribution in [0.2, 0.25) is 0 Å². The molecular weight excluding hydrogens is 280 g/mol. The van der Waals surface area contributed by atoms with Gasteiger partial charge in [-0.05, 0) is 48.9 Å². The highest BCUT2D eigenvalue weighted by Gasteiger charge is 2.34. The van der Waals surface area contributed by atoms with Crippen molar-refractivity contribution in [2.24, 2.45) is 22.6 Å². The molecular formula is C21H44N2. The van der Waals surface area contributed by atoms with Gasteiger partial charge in [-0.1, -0.05) is 73.6 Å². The van der Waals surface area contributed by atoms with Gasteiger partial charge >= 0.3 is 0 Å². The zero-order chi connectivity index (χ0) is 17.5. The minimum atomic E-state index is 0.390. The zero-order valence-electron chi connectivity index (χ0n) is 17.0. The molecule has 0 saturated carbocycles. The van der Waals surface area contributed by atoms with Gasteiger partial charge in [0.05, 0.1) is 0 Å². The lowest BCUT2D eigenvalue weighted by molar-refractivity contribution is 0.0524. The Morgan fingerprint density at radius 1 is 1.00 bits per heavy atom. The number of hydrogen-bond donors (Lipinski definition) is 1. The molecule has 2 heteroatoms. The van der Waals surface area contributed by atoms with Crippen LogP contribution in [0.4, 0.5) is 0 Å². The van der Waals surface area contributed by atoms with Gasteiger partial charge in [-0.15, -0.1) is 0 Å². The molecule has 0 aromatic heterocycles. The van der Waals surface area contributed by atoms with Gasteiger partial charge in [0.15, 0.2) is 0 Å². The molecule has 0 aromatic carbocycles. The van der Waals surface area contributed by atoms with Crippen molar-refractivity contribution in [1.82, 2.24) is 5.01 Å². The van der Waals surface area contributed by atoms with E-state index in [0.717, 1.165) is 12.5 Å². The van der Waals surface area contributed by atoms with Crippen LogP contribution in [0.25, 0.3) is 0 Å². The number of hydrogen-bond acceptors (Lipinski definition) is 2. The fraction of sp³-hybridized carbons (Fsp3) is 1.00. The number of nitrogens with two attached hydrogens (primary N) is 1. The molecule has 2 N–H and O–H groups in total. The van der Waals surface area contributed by atoms with Gasteiger partial charge in [0, 0.05) is 12.6 Å². The summed E-state index contributed by atoms with van der Waals surface area (Å²) in [7, 11) is 0. The van der Waals surface area contributed by atoms with E-state index in [-0.39, 0.29) is 0 Å². The Morgan fingerprint density at radius 2 is 1.70 bits per heavy atom. The van der Waals surface area contributed by atoms with Crippen molar-refractivity contribution in [1.29, 1.82) is 0 Å². The zero-order valence-corrected chi connectivity index (χ0v) is 17.0. The average Bonchev–Trinajstić information content (AvgIpc) is 2.41. The third kappa shape index (κ3) is 8.54. The molecule has 0 aromatic rings. The van der Waals surface area contributed by atoms with Crippen LogP contribution in [0.15, 0.2) is 0 Å². The van der Waals surface area contributed by atoms with Crippen LogP contribution in [0, 0.1) is 16.7 Å². The molecule has 0 spiro atoms. The largest absolute Gasteiger partial charge is 0.269 e. The van der Waals surface area contributed by atoms with Crippen LogP contribution < -0.4 is 5.84 Å². The molecule has 2 atom stereocenters. The number of hydrazine groups is 1. The lowest BCUT2D eigenvalue weighted by Crippen LogP contribution is -2.49. The second kappa shape index (κ2) is 9.42. The molecule has 0 bridgehead atoms. The molecule has 0 amide bonds. The second-order valence-corrected chi connectivity index (χ2v) is 10.0. The number of unbranched alkanes of at least 4 members (excludes halogenated alkanes) is 3. The summed E-state index contributed by atoms with van der Waals surface area (Å²) in [4.78, 5) is 0. The third-order valence-corrected chi connectivity index (χ3v) is 5.53. The summed E-state index contributed by atoms with van der Waals surface area (Å²) in [6, 6.07) is 0.595. The summed E-state index contributed by atoms with van der Waals surface area (Å²) in [5.74, 6) is 7.13. The molecule has 138 valence electrons. The first-order chi connectivity index (χ1) is 10.6. The molecule has 1 aliphatic heterocycles. The summed E-state index contributed by atoms with van der Waals surface area (Å²) >= 11 is 0. The Balaban J connectivity index is 2.67. The maximum absolute atomic E-state index is 6.39. The summed E-state index contributed by atoms with van der Waals surface area (Å²) in [6.45, 7) is 15.5. The standard InChI is InChI=1S/C21H44N2/c1-7-8-9-11-14-21(5,6)17-18(16-20(2,3)4)19-13-10-12-15-23(19)22/h18-19H,7-17,22H2,1-6H3. The Labute approximate surface area is 146 Å². The van der Waals surface area contributed by atoms with Crippen LogP contribution in [0.5, 0.6) is 0 Å². The third-order valence-electron chi connectivity index (χ3n) is 5.53. The minimum Gasteiger partial charge on any atom is -0.269 e. The number of piperidine rings is 1. The van der Waals surface area contributed by atoms with Crippen LogP contribution in [0.1, 0.15) is 106 Å². The van der Waals surface area contributed by atoms with Gasteiger partial charge in [-0.3, -0.25) is 5.84 Å². The monoisotopic (exact) mass is 324 g/mol. The smallest absolute Gasteiger partial charge is 0.0269 e. The van der Waals surface area contributed by atoms with E-state index in [1.165, 1.54) is 64.2 Å². The lowest BCUT2D eigenvalue weighted by atomic mass is 9.70. The van der Waals surface area contributed by atoms with E-state index in [4.69, 9.17) is 5.84 Å². The van der Waals surface area contributed by atoms with Crippen molar-refractivity contribution < 1.29 is 0 Å². The quantitative estimate of drug-likeness (QED) is 0.407. The van der Waals surface area contributed by atoms with E-state index >= 15 is 0 Å². The van der Waals surface area contributed by atoms with E-state index in [0.29, 0.717) is 16.9 Å². The van der Waals surface area contributed by atoms with Crippen LogP contribution in [-0.4, -0.2) is 17.6 Å². The predicted octanol–water partition coefficient (Wildman–Crippen LogP) is 6.15. The molecule has 0 aliphatic carbocycles. The van der Waals surface area contributed by atoms with Gasteiger partial charge in [0.1, 0.15) is 0 Å². The van der Waals surface area contributed by atoms with E-state index in [2.05, 4.69) is 46.6 Å². The van der Waals surface area contributed by atoms with E-state index in [1.807, 2.05) is 0 Å². The highest BCUT2D eigenvalue weighted by atomic mass is 15.4. The maximum atomic E-state index is 6.39. The SMILES string of the molecule is CCCCCCC(C)(C)CC(CC(C)(C)C)C1CCCCN1N. The second-order valence-electron chi connectivity index (χ2n) is 10.0. The Morgan fingerprint density at radius 3 is 2.26 bits per heavy atom. The van der Waals surface area contributed by atoms with Gasteiger partial charge in [-0.2, -0.15) is 0 Å². The average molecular weight is 325 g/mol. The highest BCUT2D eigenvalue weighted by molar-refractivity contribution is 4.87. The fourth-order valence-electron chi connectivity index (χ4n) is 4.46. The van der Waals surface area contributed by atoms with Gasteiger partial charge in [0.25, 0.3) is 0 Å². The van der Waals surface area contributed by atoms with Gasteiger partial charge < -0.3 is 0 Å². The van der Waals surface area contributed by atoms with Gasteiger partial charge in [0.2, 0.25) is 0 Å². The molecule has 1 heterocycles. The molecule has 23 heavy (non-hydrogen) atoms. The topological polar surface area (TPSA) is 29.3 Å². The molecule has 1 rings (SSSR count). The first kappa shape index (κ1) is 21.0. The summed E-state index contributed by atoms with van der Waals surface area (Å²) in [5, 5.41) is 2.17. The summed E-state index contributed by atoms with van der Waals surface area (Å²) in [6.07, 6.45) is 13.4. The van der Waals surface area contributed by atoms with E-state index < -0.39 is 0 Å². The molecule has 2 nitrogen and oxygen atoms in total. The highest BCUT2D eigenvalue weighted by Crippen LogP contribution is 2.40. The van der Waals surface area contributed by atoms with Crippen molar-refractivity contribution in [2.45, 2.75) is 112 Å². The maximum Gasteiger partial charge on any atom is 0.0269 e. The predicted molar refractivity (Wildman–Crippen MR) is 103 cm³/mol. The van der Waals surface area contributed by atoms with Crippen LogP contribution in [0.3, 0.4) is 0 Å². The van der Waals surface area contributed by atoms with Crippen LogP contribution in [-0.2, 0) is 0 Å². The van der Waals surface area contributed by atoms with Crippen LogP contribution >= 0.6 is 0 Å². The first-order valence-electron chi connectivity index (χ1n) is 10.2. The van der Waals surface area contributed by atoms with Gasteiger partial charge in [-0.25, -0.2) is 5.01 Å². The van der Waals surface area contributed by atoms with Crippen molar-refractivity contribution in [3.8, 4) is 0 Å². The molecule has 1 fully saturated rings. The van der Waals surface area contributed by atoms with Crippen molar-refractivity contribution in [3.05, 3.63) is 0 Å². The normalized spacial score (nSPS) is 22.3. The number of rotatable bonds is 9. The Kier molecular flexibility index (Phi) is 8.58. The van der Waals surface area contributed by atoms with Crippen molar-refractivity contribution in [3.63, 3.8) is 0 Å². The van der Waals surface area contributed by atoms with E-state index in [9.17, 15) is 0 Å². The van der Waals surface area contributed by atoms with Crippen molar-refractivity contribution in [2.75, 3.05) is 6.54 Å². The molecule has 1 saturated heterocycles. The first-order valence-corrected chi connectivity index (χ1v) is 10.2. The minimum absolute atomic E-state index is 0.390. The molecule has 2 unspecified atom stereocenters. The molecule has 1 aliphatic rings. The Bertz CT molecular complexity index is 316. The fourth-order valence-corrected chi connectivity index (χ4v) is 4.46. The number of nitrogens with zero attached hydrogens (tertiary/aromatic N) is 1. The Hall–Kier alpha value is -0.0800.